The van der Waals surface area contributed by atoms with Crippen molar-refractivity contribution in [3.63, 3.8) is 0 Å². The maximum absolute atomic E-state index is 14.5. The van der Waals surface area contributed by atoms with Crippen LogP contribution in [0.15, 0.2) is 23.1 Å². The molecule has 0 bridgehead atoms. The number of halogens is 1. The van der Waals surface area contributed by atoms with Crippen molar-refractivity contribution in [3.05, 3.63) is 39.9 Å². The van der Waals surface area contributed by atoms with Crippen LogP contribution < -0.4 is 10.7 Å². The molecule has 1 aromatic heterocycles. The third-order valence-electron chi connectivity index (χ3n) is 5.50. The summed E-state index contributed by atoms with van der Waals surface area (Å²) in [6.07, 6.45) is 8.40. The minimum Gasteiger partial charge on any atom is -0.382 e. The van der Waals surface area contributed by atoms with Crippen molar-refractivity contribution in [1.82, 2.24) is 4.57 Å². The highest BCUT2D eigenvalue weighted by Crippen LogP contribution is 2.34. The fraction of sp³-hybridized carbons (Fsp3) is 0.500. The van der Waals surface area contributed by atoms with Gasteiger partial charge in [0.05, 0.1) is 16.8 Å². The molecule has 2 aromatic rings. The Bertz CT molecular complexity index is 893. The zero-order valence-corrected chi connectivity index (χ0v) is 14.5. The molecule has 25 heavy (non-hydrogen) atoms. The number of benzene rings is 1. The van der Waals surface area contributed by atoms with Gasteiger partial charge in [0.15, 0.2) is 11.2 Å². The first-order valence-corrected chi connectivity index (χ1v) is 9.18. The predicted octanol–water partition coefficient (Wildman–Crippen LogP) is 4.28. The summed E-state index contributed by atoms with van der Waals surface area (Å²) in [7, 11) is 0. The molecule has 1 N–H and O–H groups in total. The van der Waals surface area contributed by atoms with Gasteiger partial charge in [-0.3, -0.25) is 9.59 Å². The van der Waals surface area contributed by atoms with Crippen LogP contribution in [0.25, 0.3) is 10.9 Å². The molecule has 0 radical (unpaired) electrons. The number of nitrogens with one attached hydrogen (secondary N) is 1. The summed E-state index contributed by atoms with van der Waals surface area (Å²) in [5.74, 6) is -0.0638. The SMILES string of the molecule is CC(=O)c1cn(C2CCCC2)c2cc(NCC3CC3)c(F)cc2c1=O. The molecule has 2 aliphatic carbocycles. The molecule has 0 amide bonds. The minimum atomic E-state index is -0.427. The molecule has 0 unspecified atom stereocenters. The lowest BCUT2D eigenvalue weighted by molar-refractivity contribution is 0.101. The number of hydrogen-bond donors (Lipinski definition) is 1. The normalized spacial score (nSPS) is 18.0. The Morgan fingerprint density at radius 3 is 2.60 bits per heavy atom. The molecule has 0 aliphatic heterocycles. The lowest BCUT2D eigenvalue weighted by Crippen LogP contribution is -2.20. The number of Topliss-reactive ketones (excluding diaryl/α,β-unsaturated/α-hetero) is 1. The monoisotopic (exact) mass is 342 g/mol. The number of fused-ring (bicyclic) bond motifs is 1. The molecular weight excluding hydrogens is 319 g/mol. The summed E-state index contributed by atoms with van der Waals surface area (Å²) >= 11 is 0. The molecule has 4 rings (SSSR count). The zero-order valence-electron chi connectivity index (χ0n) is 14.5. The van der Waals surface area contributed by atoms with Crippen LogP contribution in [0.3, 0.4) is 0 Å². The highest BCUT2D eigenvalue weighted by molar-refractivity contribution is 5.97. The Balaban J connectivity index is 1.88. The number of ketones is 1. The standard InChI is InChI=1S/C20H23FN2O2/c1-12(24)16-11-23(14-4-2-3-5-14)19-9-18(22-10-13-6-7-13)17(21)8-15(19)20(16)25/h8-9,11,13-14,22H,2-7,10H2,1H3. The van der Waals surface area contributed by atoms with Gasteiger partial charge in [-0.25, -0.2) is 4.39 Å². The number of carbonyl (C=O) groups excluding carboxylic acids is 1. The molecule has 5 heteroatoms. The summed E-state index contributed by atoms with van der Waals surface area (Å²) in [4.78, 5) is 24.5. The van der Waals surface area contributed by atoms with E-state index in [1.165, 1.54) is 25.8 Å². The van der Waals surface area contributed by atoms with E-state index in [0.29, 0.717) is 17.0 Å². The fourth-order valence-electron chi connectivity index (χ4n) is 3.82. The van der Waals surface area contributed by atoms with E-state index < -0.39 is 5.82 Å². The third kappa shape index (κ3) is 3.08. The Labute approximate surface area is 146 Å². The number of anilines is 1. The Morgan fingerprint density at radius 2 is 1.96 bits per heavy atom. The zero-order chi connectivity index (χ0) is 17.6. The molecule has 0 spiro atoms. The van der Waals surface area contributed by atoms with Crippen molar-refractivity contribution in [2.24, 2.45) is 5.92 Å². The van der Waals surface area contributed by atoms with Crippen LogP contribution in [0.4, 0.5) is 10.1 Å². The number of nitrogens with zero attached hydrogens (tertiary/aromatic N) is 1. The van der Waals surface area contributed by atoms with Gasteiger partial charge in [-0.2, -0.15) is 0 Å². The summed E-state index contributed by atoms with van der Waals surface area (Å²) in [6.45, 7) is 2.16. The van der Waals surface area contributed by atoms with Gasteiger partial charge in [0.2, 0.25) is 0 Å². The summed E-state index contributed by atoms with van der Waals surface area (Å²) in [5, 5.41) is 3.48. The van der Waals surface area contributed by atoms with Crippen molar-refractivity contribution in [2.45, 2.75) is 51.5 Å². The van der Waals surface area contributed by atoms with Gasteiger partial charge in [0.1, 0.15) is 5.82 Å². The van der Waals surface area contributed by atoms with E-state index in [4.69, 9.17) is 0 Å². The topological polar surface area (TPSA) is 51.1 Å². The van der Waals surface area contributed by atoms with E-state index >= 15 is 0 Å². The molecule has 2 aliphatic rings. The van der Waals surface area contributed by atoms with Crippen LogP contribution in [-0.4, -0.2) is 16.9 Å². The second-order valence-electron chi connectivity index (χ2n) is 7.45. The fourth-order valence-corrected chi connectivity index (χ4v) is 3.82. The molecule has 0 atom stereocenters. The van der Waals surface area contributed by atoms with E-state index in [9.17, 15) is 14.0 Å². The van der Waals surface area contributed by atoms with Gasteiger partial charge < -0.3 is 9.88 Å². The summed E-state index contributed by atoms with van der Waals surface area (Å²) in [6, 6.07) is 3.31. The van der Waals surface area contributed by atoms with E-state index in [2.05, 4.69) is 5.32 Å². The van der Waals surface area contributed by atoms with Crippen LogP contribution in [0.5, 0.6) is 0 Å². The first-order chi connectivity index (χ1) is 12.0. The third-order valence-corrected chi connectivity index (χ3v) is 5.50. The second kappa shape index (κ2) is 6.28. The van der Waals surface area contributed by atoms with Gasteiger partial charge in [-0.15, -0.1) is 0 Å². The molecule has 2 fully saturated rings. The number of carbonyl (C=O) groups is 1. The van der Waals surface area contributed by atoms with Crippen LogP contribution in [0, 0.1) is 11.7 Å². The van der Waals surface area contributed by atoms with Gasteiger partial charge in [0, 0.05) is 24.2 Å². The van der Waals surface area contributed by atoms with Gasteiger partial charge in [0.25, 0.3) is 0 Å². The highest BCUT2D eigenvalue weighted by atomic mass is 19.1. The average molecular weight is 342 g/mol. The van der Waals surface area contributed by atoms with Crippen molar-refractivity contribution >= 4 is 22.4 Å². The van der Waals surface area contributed by atoms with Crippen LogP contribution in [-0.2, 0) is 0 Å². The predicted molar refractivity (Wildman–Crippen MR) is 96.9 cm³/mol. The van der Waals surface area contributed by atoms with Gasteiger partial charge in [-0.1, -0.05) is 12.8 Å². The largest absolute Gasteiger partial charge is 0.382 e. The summed E-state index contributed by atoms with van der Waals surface area (Å²) < 4.78 is 16.5. The molecule has 0 saturated heterocycles. The number of hydrogen-bond acceptors (Lipinski definition) is 3. The molecule has 4 nitrogen and oxygen atoms in total. The van der Waals surface area contributed by atoms with Gasteiger partial charge >= 0.3 is 0 Å². The number of aromatic nitrogens is 1. The lowest BCUT2D eigenvalue weighted by Gasteiger charge is -2.20. The van der Waals surface area contributed by atoms with Crippen molar-refractivity contribution in [2.75, 3.05) is 11.9 Å². The van der Waals surface area contributed by atoms with Crippen LogP contribution in [0.2, 0.25) is 0 Å². The quantitative estimate of drug-likeness (QED) is 0.825. The Kier molecular flexibility index (Phi) is 4.10. The number of rotatable bonds is 5. The van der Waals surface area contributed by atoms with E-state index in [1.54, 1.807) is 12.3 Å². The van der Waals surface area contributed by atoms with Crippen molar-refractivity contribution < 1.29 is 9.18 Å². The first kappa shape index (κ1) is 16.3. The maximum Gasteiger partial charge on any atom is 0.200 e. The van der Waals surface area contributed by atoms with Crippen molar-refractivity contribution in [3.8, 4) is 0 Å². The second-order valence-corrected chi connectivity index (χ2v) is 7.45. The molecule has 1 heterocycles. The molecule has 2 saturated carbocycles. The minimum absolute atomic E-state index is 0.150. The molecule has 1 aromatic carbocycles. The number of pyridine rings is 1. The van der Waals surface area contributed by atoms with Crippen molar-refractivity contribution in [1.29, 1.82) is 0 Å². The smallest absolute Gasteiger partial charge is 0.200 e. The molecule has 132 valence electrons. The first-order valence-electron chi connectivity index (χ1n) is 9.18. The maximum atomic E-state index is 14.5. The Morgan fingerprint density at radius 1 is 1.24 bits per heavy atom. The van der Waals surface area contributed by atoms with E-state index in [0.717, 1.165) is 37.7 Å². The lowest BCUT2D eigenvalue weighted by atomic mass is 10.1. The summed E-state index contributed by atoms with van der Waals surface area (Å²) in [5.41, 5.74) is 0.949. The molecular formula is C20H23FN2O2. The van der Waals surface area contributed by atoms with Crippen LogP contribution >= 0.6 is 0 Å². The van der Waals surface area contributed by atoms with Crippen LogP contribution in [0.1, 0.15) is 61.8 Å². The Hall–Kier alpha value is -2.17. The average Bonchev–Trinajstić information content (AvgIpc) is 3.25. The highest BCUT2D eigenvalue weighted by Gasteiger charge is 2.24. The van der Waals surface area contributed by atoms with E-state index in [1.807, 2.05) is 4.57 Å². The van der Waals surface area contributed by atoms with E-state index in [-0.39, 0.29) is 22.8 Å². The van der Waals surface area contributed by atoms with Gasteiger partial charge in [-0.05, 0) is 50.7 Å².